The Morgan fingerprint density at radius 2 is 1.94 bits per heavy atom. The average molecular weight is 258 g/mol. The Morgan fingerprint density at radius 3 is 2.38 bits per heavy atom. The molecule has 94 valence electrons. The van der Waals surface area contributed by atoms with Crippen LogP contribution in [0.5, 0.6) is 0 Å². The summed E-state index contributed by atoms with van der Waals surface area (Å²) in [5.74, 6) is 0. The quantitative estimate of drug-likeness (QED) is 0.735. The van der Waals surface area contributed by atoms with E-state index in [-0.39, 0.29) is 19.4 Å². The molecule has 1 N–H and O–H groups in total. The van der Waals surface area contributed by atoms with Crippen molar-refractivity contribution in [3.8, 4) is 6.07 Å². The highest BCUT2D eigenvalue weighted by molar-refractivity contribution is 7.90. The number of hydrogen-bond donors (Lipinski definition) is 1. The highest BCUT2D eigenvalue weighted by Gasteiger charge is 2.26. The third kappa shape index (κ3) is 6.63. The minimum absolute atomic E-state index is 0.0789. The van der Waals surface area contributed by atoms with Crippen molar-refractivity contribution in [1.29, 1.82) is 5.26 Å². The molecule has 0 aromatic heterocycles. The van der Waals surface area contributed by atoms with Gasteiger partial charge in [-0.3, -0.25) is 0 Å². The van der Waals surface area contributed by atoms with E-state index in [0.29, 0.717) is 0 Å². The van der Waals surface area contributed by atoms with Crippen molar-refractivity contribution in [3.05, 3.63) is 0 Å². The van der Waals surface area contributed by atoms with Crippen LogP contribution in [0, 0.1) is 11.3 Å². The summed E-state index contributed by atoms with van der Waals surface area (Å²) >= 11 is 0. The van der Waals surface area contributed by atoms with Crippen LogP contribution in [0.3, 0.4) is 0 Å². The van der Waals surface area contributed by atoms with Crippen LogP contribution in [0.25, 0.3) is 0 Å². The van der Waals surface area contributed by atoms with E-state index in [0.717, 1.165) is 0 Å². The molecule has 0 fully saturated rings. The Bertz CT molecular complexity index is 345. The molecule has 0 bridgehead atoms. The lowest BCUT2D eigenvalue weighted by atomic mass is 10.2. The van der Waals surface area contributed by atoms with Gasteiger partial charge in [0.05, 0.1) is 6.07 Å². The van der Waals surface area contributed by atoms with Crippen LogP contribution in [0.2, 0.25) is 0 Å². The number of hydrogen-bond acceptors (Lipinski definition) is 3. The number of halogens is 3. The Labute approximate surface area is 92.5 Å². The van der Waals surface area contributed by atoms with Gasteiger partial charge in [0, 0.05) is 13.0 Å². The van der Waals surface area contributed by atoms with Crippen molar-refractivity contribution in [2.75, 3.05) is 6.54 Å². The molecule has 0 rings (SSSR count). The van der Waals surface area contributed by atoms with Crippen molar-refractivity contribution < 1.29 is 21.6 Å². The lowest BCUT2D eigenvalue weighted by Gasteiger charge is -2.08. The van der Waals surface area contributed by atoms with Gasteiger partial charge >= 0.3 is 6.18 Å². The van der Waals surface area contributed by atoms with Crippen molar-refractivity contribution in [3.63, 3.8) is 0 Å². The zero-order valence-electron chi connectivity index (χ0n) is 8.71. The summed E-state index contributed by atoms with van der Waals surface area (Å²) in [4.78, 5) is 0. The van der Waals surface area contributed by atoms with Gasteiger partial charge in [-0.2, -0.15) is 18.4 Å². The fourth-order valence-corrected chi connectivity index (χ4v) is 1.68. The number of unbranched alkanes of at least 4 members (excludes halogenated alkanes) is 1. The molecule has 0 spiro atoms. The summed E-state index contributed by atoms with van der Waals surface area (Å²) in [6, 6.07) is 1.54. The first kappa shape index (κ1) is 15.2. The third-order valence-electron chi connectivity index (χ3n) is 1.84. The molecule has 0 aromatic carbocycles. The zero-order valence-corrected chi connectivity index (χ0v) is 9.53. The Hall–Kier alpha value is -0.810. The minimum Gasteiger partial charge on any atom is -0.214 e. The first-order chi connectivity index (χ1) is 7.19. The lowest BCUT2D eigenvalue weighted by Crippen LogP contribution is -2.32. The van der Waals surface area contributed by atoms with E-state index in [4.69, 9.17) is 5.26 Å². The minimum atomic E-state index is -4.21. The average Bonchev–Trinajstić information content (AvgIpc) is 2.14. The molecule has 0 aliphatic rings. The van der Waals surface area contributed by atoms with Crippen LogP contribution >= 0.6 is 0 Å². The van der Waals surface area contributed by atoms with Crippen molar-refractivity contribution in [2.45, 2.75) is 37.6 Å². The molecule has 0 aliphatic carbocycles. The molecule has 0 amide bonds. The zero-order chi connectivity index (χ0) is 12.8. The van der Waals surface area contributed by atoms with Gasteiger partial charge in [-0.25, -0.2) is 13.1 Å². The number of nitrogens with zero attached hydrogens (tertiary/aromatic N) is 1. The van der Waals surface area contributed by atoms with Crippen LogP contribution in [0.4, 0.5) is 13.2 Å². The van der Waals surface area contributed by atoms with E-state index in [1.807, 2.05) is 0 Å². The number of nitriles is 1. The summed E-state index contributed by atoms with van der Waals surface area (Å²) in [6.07, 6.45) is -5.18. The molecule has 0 aliphatic heterocycles. The van der Waals surface area contributed by atoms with Crippen LogP contribution in [-0.2, 0) is 10.0 Å². The maximum atomic E-state index is 11.7. The highest BCUT2D eigenvalue weighted by Crippen LogP contribution is 2.21. The van der Waals surface area contributed by atoms with Gasteiger partial charge < -0.3 is 0 Å². The molecular formula is C8H13F3N2O2S. The van der Waals surface area contributed by atoms with Crippen molar-refractivity contribution in [1.82, 2.24) is 4.72 Å². The number of alkyl halides is 3. The lowest BCUT2D eigenvalue weighted by molar-refractivity contribution is -0.135. The fourth-order valence-electron chi connectivity index (χ4n) is 0.859. The van der Waals surface area contributed by atoms with Crippen LogP contribution in [0.1, 0.15) is 26.2 Å². The summed E-state index contributed by atoms with van der Waals surface area (Å²) in [5, 5.41) is 7.16. The number of rotatable bonds is 6. The van der Waals surface area contributed by atoms with Crippen LogP contribution in [0.15, 0.2) is 0 Å². The molecule has 0 heterocycles. The van der Waals surface area contributed by atoms with Gasteiger partial charge in [-0.1, -0.05) is 0 Å². The maximum Gasteiger partial charge on any atom is 0.389 e. The van der Waals surface area contributed by atoms with Gasteiger partial charge in [0.2, 0.25) is 10.0 Å². The molecule has 8 heteroatoms. The van der Waals surface area contributed by atoms with Gasteiger partial charge in [-0.15, -0.1) is 0 Å². The second-order valence-corrected chi connectivity index (χ2v) is 5.37. The topological polar surface area (TPSA) is 70.0 Å². The molecule has 0 saturated heterocycles. The summed E-state index contributed by atoms with van der Waals surface area (Å²) in [6.45, 7) is 1.13. The Balaban J connectivity index is 3.81. The molecule has 1 atom stereocenters. The molecule has 0 aromatic rings. The summed E-state index contributed by atoms with van der Waals surface area (Å²) in [5.41, 5.74) is 0. The predicted molar refractivity (Wildman–Crippen MR) is 51.9 cm³/mol. The number of nitrogens with one attached hydrogen (secondary N) is 1. The second-order valence-electron chi connectivity index (χ2n) is 3.28. The van der Waals surface area contributed by atoms with Gasteiger partial charge in [0.15, 0.2) is 5.25 Å². The van der Waals surface area contributed by atoms with E-state index >= 15 is 0 Å². The third-order valence-corrected chi connectivity index (χ3v) is 3.48. The first-order valence-corrected chi connectivity index (χ1v) is 6.18. The van der Waals surface area contributed by atoms with Crippen molar-refractivity contribution in [2.24, 2.45) is 0 Å². The van der Waals surface area contributed by atoms with Crippen molar-refractivity contribution >= 4 is 10.0 Å². The monoisotopic (exact) mass is 258 g/mol. The van der Waals surface area contributed by atoms with E-state index < -0.39 is 27.9 Å². The van der Waals surface area contributed by atoms with Gasteiger partial charge in [-0.05, 0) is 19.8 Å². The molecular weight excluding hydrogens is 245 g/mol. The van der Waals surface area contributed by atoms with E-state index in [1.165, 1.54) is 13.0 Å². The maximum absolute atomic E-state index is 11.7. The standard InChI is InChI=1S/C8H13F3N2O2S/c1-7(6-12)16(14,15)13-5-3-2-4-8(9,10)11/h7,13H,2-5H2,1H3. The first-order valence-electron chi connectivity index (χ1n) is 4.64. The second kappa shape index (κ2) is 6.06. The smallest absolute Gasteiger partial charge is 0.214 e. The van der Waals surface area contributed by atoms with E-state index in [1.54, 1.807) is 0 Å². The number of sulfonamides is 1. The van der Waals surface area contributed by atoms with E-state index in [9.17, 15) is 21.6 Å². The Kier molecular flexibility index (Phi) is 5.75. The highest BCUT2D eigenvalue weighted by atomic mass is 32.2. The SMILES string of the molecule is CC(C#N)S(=O)(=O)NCCCCC(F)(F)F. The molecule has 4 nitrogen and oxygen atoms in total. The van der Waals surface area contributed by atoms with Crippen LogP contribution in [-0.4, -0.2) is 26.4 Å². The Morgan fingerprint density at radius 1 is 1.38 bits per heavy atom. The fraction of sp³-hybridized carbons (Fsp3) is 0.875. The van der Waals surface area contributed by atoms with Gasteiger partial charge in [0.25, 0.3) is 0 Å². The summed E-state index contributed by atoms with van der Waals surface area (Å²) < 4.78 is 59.6. The van der Waals surface area contributed by atoms with Crippen LogP contribution < -0.4 is 4.72 Å². The molecule has 0 saturated carbocycles. The summed E-state index contributed by atoms with van der Waals surface area (Å²) in [7, 11) is -3.72. The van der Waals surface area contributed by atoms with Gasteiger partial charge in [0.1, 0.15) is 0 Å². The molecule has 16 heavy (non-hydrogen) atoms. The van der Waals surface area contributed by atoms with E-state index in [2.05, 4.69) is 4.72 Å². The normalized spacial score (nSPS) is 14.4. The largest absolute Gasteiger partial charge is 0.389 e. The molecule has 0 radical (unpaired) electrons. The molecule has 1 unspecified atom stereocenters. The predicted octanol–water partition coefficient (Wildman–Crippen LogP) is 1.55.